The van der Waals surface area contributed by atoms with Crippen LogP contribution in [0.5, 0.6) is 0 Å². The Morgan fingerprint density at radius 1 is 1.18 bits per heavy atom. The summed E-state index contributed by atoms with van der Waals surface area (Å²) in [5.41, 5.74) is 2.67. The van der Waals surface area contributed by atoms with E-state index in [1.165, 1.54) is 18.3 Å². The highest BCUT2D eigenvalue weighted by molar-refractivity contribution is 7.92. The quantitative estimate of drug-likeness (QED) is 0.653. The molecule has 0 unspecified atom stereocenters. The maximum Gasteiger partial charge on any atom is 0.265 e. The molecule has 0 saturated carbocycles. The Kier molecular flexibility index (Phi) is 5.49. The van der Waals surface area contributed by atoms with E-state index in [0.29, 0.717) is 41.4 Å². The van der Waals surface area contributed by atoms with Crippen molar-refractivity contribution in [3.8, 4) is 0 Å². The molecular weight excluding hydrogens is 405 g/mol. The summed E-state index contributed by atoms with van der Waals surface area (Å²) < 4.78 is 44.8. The van der Waals surface area contributed by atoms with Gasteiger partial charge in [-0.1, -0.05) is 17.7 Å². The molecule has 0 amide bonds. The van der Waals surface area contributed by atoms with E-state index in [-0.39, 0.29) is 9.92 Å². The van der Waals surface area contributed by atoms with E-state index in [2.05, 4.69) is 14.9 Å². The third kappa shape index (κ3) is 3.90. The molecule has 1 aromatic carbocycles. The smallest absolute Gasteiger partial charge is 0.265 e. The van der Waals surface area contributed by atoms with Crippen LogP contribution in [0.2, 0.25) is 5.02 Å². The molecule has 10 heteroatoms. The Balaban J connectivity index is 1.92. The van der Waals surface area contributed by atoms with E-state index in [0.717, 1.165) is 0 Å². The number of anilines is 1. The van der Waals surface area contributed by atoms with Crippen LogP contribution in [0.15, 0.2) is 29.3 Å². The lowest BCUT2D eigenvalue weighted by Crippen LogP contribution is -2.15. The summed E-state index contributed by atoms with van der Waals surface area (Å²) in [5.74, 6) is -0.418. The first-order chi connectivity index (χ1) is 13.1. The van der Waals surface area contributed by atoms with E-state index in [1.807, 2.05) is 6.92 Å². The highest BCUT2D eigenvalue weighted by Crippen LogP contribution is 2.26. The second-order valence-electron chi connectivity index (χ2n) is 6.48. The second-order valence-corrected chi connectivity index (χ2v) is 8.54. The van der Waals surface area contributed by atoms with Crippen LogP contribution >= 0.6 is 11.6 Å². The van der Waals surface area contributed by atoms with Crippen molar-refractivity contribution in [1.29, 1.82) is 0 Å². The molecular formula is C18H21ClFN5O2S. The van der Waals surface area contributed by atoms with Crippen LogP contribution in [0.25, 0.3) is 0 Å². The first kappa shape index (κ1) is 20.3. The Bertz CT molecular complexity index is 1140. The number of rotatable bonds is 6. The average Bonchev–Trinajstić information content (AvgIpc) is 3.13. The van der Waals surface area contributed by atoms with Gasteiger partial charge in [0.05, 0.1) is 29.3 Å². The monoisotopic (exact) mass is 425 g/mol. The van der Waals surface area contributed by atoms with Crippen molar-refractivity contribution in [3.63, 3.8) is 0 Å². The van der Waals surface area contributed by atoms with Gasteiger partial charge in [-0.25, -0.2) is 12.8 Å². The molecule has 0 atom stereocenters. The fraction of sp³-hybridized carbons (Fsp3) is 0.333. The SMILES string of the molecule is CCn1cc(S(=O)(=O)Nc2c(C)nn(Cc3ccc(F)cc3Cl)c2C)c(C)n1. The minimum atomic E-state index is -3.81. The first-order valence-corrected chi connectivity index (χ1v) is 10.5. The fourth-order valence-electron chi connectivity index (χ4n) is 2.92. The number of aromatic nitrogens is 4. The van der Waals surface area contributed by atoms with Gasteiger partial charge in [0.25, 0.3) is 10.0 Å². The van der Waals surface area contributed by atoms with Crippen molar-refractivity contribution in [2.75, 3.05) is 4.72 Å². The number of benzene rings is 1. The molecule has 2 heterocycles. The van der Waals surface area contributed by atoms with E-state index < -0.39 is 15.8 Å². The molecule has 0 saturated heterocycles. The third-order valence-electron chi connectivity index (χ3n) is 4.47. The second kappa shape index (κ2) is 7.56. The maximum absolute atomic E-state index is 13.3. The Morgan fingerprint density at radius 2 is 1.89 bits per heavy atom. The van der Waals surface area contributed by atoms with Gasteiger partial charge in [-0.15, -0.1) is 0 Å². The van der Waals surface area contributed by atoms with Crippen LogP contribution in [0, 0.1) is 26.6 Å². The summed E-state index contributed by atoms with van der Waals surface area (Å²) in [7, 11) is -3.81. The Labute approximate surface area is 168 Å². The lowest BCUT2D eigenvalue weighted by molar-refractivity contribution is 0.600. The summed E-state index contributed by atoms with van der Waals surface area (Å²) >= 11 is 6.10. The van der Waals surface area contributed by atoms with Gasteiger partial charge in [-0.3, -0.25) is 14.1 Å². The van der Waals surface area contributed by atoms with Gasteiger partial charge in [-0.05, 0) is 45.4 Å². The largest absolute Gasteiger partial charge is 0.276 e. The molecule has 0 fully saturated rings. The molecule has 0 spiro atoms. The molecule has 3 rings (SSSR count). The van der Waals surface area contributed by atoms with Crippen LogP contribution in [-0.4, -0.2) is 28.0 Å². The van der Waals surface area contributed by atoms with Crippen LogP contribution < -0.4 is 4.72 Å². The highest BCUT2D eigenvalue weighted by Gasteiger charge is 2.24. The zero-order chi connectivity index (χ0) is 20.6. The highest BCUT2D eigenvalue weighted by atomic mass is 35.5. The molecule has 2 aromatic heterocycles. The lowest BCUT2D eigenvalue weighted by atomic mass is 10.2. The zero-order valence-corrected chi connectivity index (χ0v) is 17.6. The summed E-state index contributed by atoms with van der Waals surface area (Å²) in [4.78, 5) is 0.127. The molecule has 0 aliphatic carbocycles. The van der Waals surface area contributed by atoms with Crippen LogP contribution in [0.1, 0.15) is 29.6 Å². The zero-order valence-electron chi connectivity index (χ0n) is 16.0. The topological polar surface area (TPSA) is 81.8 Å². The summed E-state index contributed by atoms with van der Waals surface area (Å²) in [6.07, 6.45) is 1.51. The van der Waals surface area contributed by atoms with E-state index in [9.17, 15) is 12.8 Å². The van der Waals surface area contributed by atoms with Gasteiger partial charge >= 0.3 is 0 Å². The molecule has 0 radical (unpaired) electrons. The molecule has 150 valence electrons. The van der Waals surface area contributed by atoms with Gasteiger partial charge in [-0.2, -0.15) is 10.2 Å². The molecule has 7 nitrogen and oxygen atoms in total. The Hall–Kier alpha value is -2.39. The molecule has 1 N–H and O–H groups in total. The van der Waals surface area contributed by atoms with E-state index in [4.69, 9.17) is 11.6 Å². The lowest BCUT2D eigenvalue weighted by Gasteiger charge is -2.09. The number of sulfonamides is 1. The van der Waals surface area contributed by atoms with Crippen molar-refractivity contribution in [2.24, 2.45) is 0 Å². The van der Waals surface area contributed by atoms with Crippen molar-refractivity contribution >= 4 is 27.3 Å². The maximum atomic E-state index is 13.3. The van der Waals surface area contributed by atoms with Gasteiger partial charge in [0.2, 0.25) is 0 Å². The van der Waals surface area contributed by atoms with Gasteiger partial charge in [0.1, 0.15) is 10.7 Å². The van der Waals surface area contributed by atoms with Crippen LogP contribution in [0.4, 0.5) is 10.1 Å². The predicted molar refractivity (Wildman–Crippen MR) is 106 cm³/mol. The number of hydrogen-bond acceptors (Lipinski definition) is 4. The molecule has 28 heavy (non-hydrogen) atoms. The summed E-state index contributed by atoms with van der Waals surface area (Å²) in [5, 5.41) is 8.89. The van der Waals surface area contributed by atoms with Crippen molar-refractivity contribution in [2.45, 2.75) is 45.7 Å². The minimum absolute atomic E-state index is 0.127. The normalized spacial score (nSPS) is 11.8. The van der Waals surface area contributed by atoms with Crippen molar-refractivity contribution in [3.05, 3.63) is 57.9 Å². The van der Waals surface area contributed by atoms with E-state index >= 15 is 0 Å². The molecule has 3 aromatic rings. The summed E-state index contributed by atoms with van der Waals surface area (Å²) in [6, 6.07) is 4.14. The number of hydrogen-bond donors (Lipinski definition) is 1. The minimum Gasteiger partial charge on any atom is -0.276 e. The average molecular weight is 426 g/mol. The molecule has 0 aliphatic heterocycles. The number of nitrogens with zero attached hydrogens (tertiary/aromatic N) is 4. The third-order valence-corrected chi connectivity index (χ3v) is 6.27. The first-order valence-electron chi connectivity index (χ1n) is 8.67. The Morgan fingerprint density at radius 3 is 2.50 bits per heavy atom. The standard InChI is InChI=1S/C18H21ClFN5O2S/c1-5-24-10-17(11(2)21-24)28(26,27)23-18-12(3)22-25(13(18)4)9-14-6-7-15(20)8-16(14)19/h6-8,10,23H,5,9H2,1-4H3. The fourth-order valence-corrected chi connectivity index (χ4v) is 4.52. The van der Waals surface area contributed by atoms with Crippen LogP contribution in [-0.2, 0) is 23.1 Å². The molecule has 0 aliphatic rings. The number of nitrogens with one attached hydrogen (secondary N) is 1. The van der Waals surface area contributed by atoms with E-state index in [1.54, 1.807) is 36.2 Å². The van der Waals surface area contributed by atoms with Crippen molar-refractivity contribution < 1.29 is 12.8 Å². The summed E-state index contributed by atoms with van der Waals surface area (Å²) in [6.45, 7) is 7.88. The number of aryl methyl sites for hydroxylation is 3. The van der Waals surface area contributed by atoms with Gasteiger partial charge < -0.3 is 0 Å². The predicted octanol–water partition coefficient (Wildman–Crippen LogP) is 3.67. The molecule has 0 bridgehead atoms. The van der Waals surface area contributed by atoms with Crippen LogP contribution in [0.3, 0.4) is 0 Å². The van der Waals surface area contributed by atoms with Gasteiger partial charge in [0.15, 0.2) is 0 Å². The van der Waals surface area contributed by atoms with Crippen molar-refractivity contribution in [1.82, 2.24) is 19.6 Å². The number of halogens is 2. The van der Waals surface area contributed by atoms with Gasteiger partial charge in [0, 0.05) is 17.8 Å².